The van der Waals surface area contributed by atoms with Crippen LogP contribution in [0, 0.1) is 11.2 Å². The van der Waals surface area contributed by atoms with Crippen molar-refractivity contribution in [1.29, 1.82) is 0 Å². The summed E-state index contributed by atoms with van der Waals surface area (Å²) >= 11 is 0. The van der Waals surface area contributed by atoms with Gasteiger partial charge in [-0.1, -0.05) is 36.4 Å². The summed E-state index contributed by atoms with van der Waals surface area (Å²) in [6.07, 6.45) is -4.40. The van der Waals surface area contributed by atoms with E-state index in [-0.39, 0.29) is 36.8 Å². The highest BCUT2D eigenvalue weighted by atomic mass is 19.4. The van der Waals surface area contributed by atoms with E-state index in [1.165, 1.54) is 0 Å². The van der Waals surface area contributed by atoms with Gasteiger partial charge in [0.15, 0.2) is 0 Å². The maximum Gasteiger partial charge on any atom is 0.416 e. The van der Waals surface area contributed by atoms with E-state index < -0.39 is 28.9 Å². The molecule has 3 nitrogen and oxygen atoms in total. The van der Waals surface area contributed by atoms with E-state index >= 15 is 0 Å². The lowest BCUT2D eigenvalue weighted by Crippen LogP contribution is -2.30. The molecule has 1 saturated carbocycles. The van der Waals surface area contributed by atoms with Crippen molar-refractivity contribution in [2.75, 3.05) is 0 Å². The van der Waals surface area contributed by atoms with Crippen LogP contribution in [0.3, 0.4) is 0 Å². The lowest BCUT2D eigenvalue weighted by molar-refractivity contribution is -0.141. The third-order valence-corrected chi connectivity index (χ3v) is 5.40. The van der Waals surface area contributed by atoms with E-state index in [2.05, 4.69) is 0 Å². The first-order valence-corrected chi connectivity index (χ1v) is 8.48. The Bertz CT molecular complexity index is 925. The first kappa shape index (κ1) is 17.7. The van der Waals surface area contributed by atoms with Crippen LogP contribution in [-0.4, -0.2) is 16.7 Å². The molecule has 1 aliphatic carbocycles. The van der Waals surface area contributed by atoms with Crippen molar-refractivity contribution in [1.82, 2.24) is 4.90 Å². The number of halogens is 4. The lowest BCUT2D eigenvalue weighted by atomic mass is 9.96. The van der Waals surface area contributed by atoms with Gasteiger partial charge in [-0.2, -0.15) is 13.2 Å². The number of alkyl halides is 3. The topological polar surface area (TPSA) is 37.4 Å². The highest BCUT2D eigenvalue weighted by Gasteiger charge is 2.67. The SMILES string of the molecule is O=C1CC2(CC2c2ccc(C(F)(F)F)cc2F)C(=O)N1Cc1ccccc1. The fourth-order valence-electron chi connectivity index (χ4n) is 3.88. The number of carbonyl (C=O) groups excluding carboxylic acids is 2. The standard InChI is InChI=1S/C20H15F4NO2/c21-16-8-13(20(22,23)24)6-7-14(16)15-9-19(15)10-17(26)25(18(19)27)11-12-4-2-1-3-5-12/h1-8,15H,9-11H2. The number of rotatable bonds is 3. The van der Waals surface area contributed by atoms with E-state index in [1.807, 2.05) is 6.07 Å². The highest BCUT2D eigenvalue weighted by Crippen LogP contribution is 2.65. The maximum atomic E-state index is 14.3. The van der Waals surface area contributed by atoms with Crippen LogP contribution in [-0.2, 0) is 22.3 Å². The van der Waals surface area contributed by atoms with E-state index in [0.29, 0.717) is 6.07 Å². The Balaban J connectivity index is 1.57. The second-order valence-electron chi connectivity index (χ2n) is 7.09. The second-order valence-corrected chi connectivity index (χ2v) is 7.09. The number of nitrogens with zero attached hydrogens (tertiary/aromatic N) is 1. The molecule has 0 aromatic heterocycles. The van der Waals surface area contributed by atoms with Crippen molar-refractivity contribution in [3.63, 3.8) is 0 Å². The second kappa shape index (κ2) is 5.90. The van der Waals surface area contributed by atoms with Gasteiger partial charge in [0.05, 0.1) is 17.5 Å². The van der Waals surface area contributed by atoms with Gasteiger partial charge in [0.1, 0.15) is 5.82 Å². The summed E-state index contributed by atoms with van der Waals surface area (Å²) in [7, 11) is 0. The van der Waals surface area contributed by atoms with Crippen LogP contribution in [0.25, 0.3) is 0 Å². The average molecular weight is 377 g/mol. The maximum absolute atomic E-state index is 14.3. The van der Waals surface area contributed by atoms with E-state index in [9.17, 15) is 27.2 Å². The number of hydrogen-bond acceptors (Lipinski definition) is 2. The van der Waals surface area contributed by atoms with Gasteiger partial charge in [-0.15, -0.1) is 0 Å². The molecule has 2 aliphatic rings. The van der Waals surface area contributed by atoms with Gasteiger partial charge in [-0.25, -0.2) is 4.39 Å². The van der Waals surface area contributed by atoms with Gasteiger partial charge in [0, 0.05) is 12.3 Å². The Morgan fingerprint density at radius 2 is 1.78 bits per heavy atom. The Hall–Kier alpha value is -2.70. The fourth-order valence-corrected chi connectivity index (χ4v) is 3.88. The van der Waals surface area contributed by atoms with E-state index in [1.54, 1.807) is 24.3 Å². The van der Waals surface area contributed by atoms with Gasteiger partial charge >= 0.3 is 6.18 Å². The van der Waals surface area contributed by atoms with Crippen LogP contribution in [0.5, 0.6) is 0 Å². The van der Waals surface area contributed by atoms with Crippen LogP contribution in [0.2, 0.25) is 0 Å². The summed E-state index contributed by atoms with van der Waals surface area (Å²) in [5.74, 6) is -2.27. The van der Waals surface area contributed by atoms with Gasteiger partial charge < -0.3 is 0 Å². The van der Waals surface area contributed by atoms with Crippen LogP contribution in [0.4, 0.5) is 17.6 Å². The first-order chi connectivity index (χ1) is 12.7. The first-order valence-electron chi connectivity index (χ1n) is 8.48. The zero-order valence-electron chi connectivity index (χ0n) is 14.1. The molecule has 1 saturated heterocycles. The van der Waals surface area contributed by atoms with Crippen molar-refractivity contribution < 1.29 is 27.2 Å². The average Bonchev–Trinajstić information content (AvgIpc) is 3.28. The predicted molar refractivity (Wildman–Crippen MR) is 87.8 cm³/mol. The normalized spacial score (nSPS) is 24.7. The number of likely N-dealkylation sites (tertiary alicyclic amines) is 1. The minimum absolute atomic E-state index is 0.0379. The fraction of sp³-hybridized carbons (Fsp3) is 0.300. The third kappa shape index (κ3) is 2.91. The van der Waals surface area contributed by atoms with Crippen molar-refractivity contribution in [3.05, 3.63) is 71.0 Å². The smallest absolute Gasteiger partial charge is 0.278 e. The minimum Gasteiger partial charge on any atom is -0.278 e. The molecular formula is C20H15F4NO2. The minimum atomic E-state index is -4.63. The van der Waals surface area contributed by atoms with Crippen LogP contribution in [0.15, 0.2) is 48.5 Å². The molecule has 2 fully saturated rings. The van der Waals surface area contributed by atoms with Gasteiger partial charge in [-0.05, 0) is 29.7 Å². The molecule has 2 aromatic rings. The van der Waals surface area contributed by atoms with Gasteiger partial charge in [0.25, 0.3) is 0 Å². The lowest BCUT2D eigenvalue weighted by Gasteiger charge is -2.15. The predicted octanol–water partition coefficient (Wildman–Crippen LogP) is 4.28. The van der Waals surface area contributed by atoms with Crippen molar-refractivity contribution in [2.24, 2.45) is 5.41 Å². The molecule has 1 heterocycles. The summed E-state index contributed by atoms with van der Waals surface area (Å²) in [5, 5.41) is 0. The van der Waals surface area contributed by atoms with Crippen molar-refractivity contribution in [2.45, 2.75) is 31.5 Å². The number of imide groups is 1. The number of carbonyl (C=O) groups is 2. The Morgan fingerprint density at radius 1 is 1.07 bits per heavy atom. The number of hydrogen-bond donors (Lipinski definition) is 0. The molecule has 1 spiro atoms. The molecule has 140 valence electrons. The quantitative estimate of drug-likeness (QED) is 0.592. The molecule has 0 N–H and O–H groups in total. The van der Waals surface area contributed by atoms with Crippen molar-refractivity contribution >= 4 is 11.8 Å². The molecule has 2 aromatic carbocycles. The molecule has 1 aliphatic heterocycles. The third-order valence-electron chi connectivity index (χ3n) is 5.40. The van der Waals surface area contributed by atoms with Crippen LogP contribution in [0.1, 0.15) is 35.4 Å². The van der Waals surface area contributed by atoms with Gasteiger partial charge in [-0.3, -0.25) is 14.5 Å². The summed E-state index contributed by atoms with van der Waals surface area (Å²) in [5.41, 5.74) is -1.23. The molecule has 2 unspecified atom stereocenters. The van der Waals surface area contributed by atoms with Crippen LogP contribution >= 0.6 is 0 Å². The van der Waals surface area contributed by atoms with E-state index in [0.717, 1.165) is 22.6 Å². The summed E-state index contributed by atoms with van der Waals surface area (Å²) in [4.78, 5) is 26.3. The molecule has 4 rings (SSSR count). The summed E-state index contributed by atoms with van der Waals surface area (Å²) in [6, 6.07) is 11.4. The monoisotopic (exact) mass is 377 g/mol. The molecular weight excluding hydrogens is 362 g/mol. The van der Waals surface area contributed by atoms with Crippen molar-refractivity contribution in [3.8, 4) is 0 Å². The summed E-state index contributed by atoms with van der Waals surface area (Å²) < 4.78 is 52.4. The van der Waals surface area contributed by atoms with E-state index in [4.69, 9.17) is 0 Å². The Morgan fingerprint density at radius 3 is 2.41 bits per heavy atom. The molecule has 0 bridgehead atoms. The number of benzene rings is 2. The molecule has 2 amide bonds. The zero-order valence-corrected chi connectivity index (χ0v) is 14.1. The zero-order chi connectivity index (χ0) is 19.4. The molecule has 27 heavy (non-hydrogen) atoms. The van der Waals surface area contributed by atoms with Crippen LogP contribution < -0.4 is 0 Å². The van der Waals surface area contributed by atoms with Gasteiger partial charge in [0.2, 0.25) is 11.8 Å². The molecule has 0 radical (unpaired) electrons. The Kier molecular flexibility index (Phi) is 3.87. The Labute approximate surface area is 152 Å². The number of amides is 2. The largest absolute Gasteiger partial charge is 0.416 e. The molecule has 2 atom stereocenters. The molecule has 7 heteroatoms. The highest BCUT2D eigenvalue weighted by molar-refractivity contribution is 6.08. The summed E-state index contributed by atoms with van der Waals surface area (Å²) in [6.45, 7) is 0.141.